The molecule has 0 rings (SSSR count). The molecule has 0 bridgehead atoms. The summed E-state index contributed by atoms with van der Waals surface area (Å²) in [6, 6.07) is 0. The van der Waals surface area contributed by atoms with Crippen LogP contribution in [-0.2, 0) is 14.3 Å². The zero-order valence-electron chi connectivity index (χ0n) is 10.8. The Labute approximate surface area is 102 Å². The van der Waals surface area contributed by atoms with E-state index in [4.69, 9.17) is 4.74 Å². The molecule has 0 aromatic heterocycles. The molecule has 0 aliphatic rings. The Morgan fingerprint density at radius 3 is 1.47 bits per heavy atom. The Hall–Kier alpha value is -1.62. The fourth-order valence-electron chi connectivity index (χ4n) is 0.990. The average Bonchev–Trinajstić information content (AvgIpc) is 2.16. The van der Waals surface area contributed by atoms with Gasteiger partial charge in [-0.25, -0.2) is 0 Å². The summed E-state index contributed by atoms with van der Waals surface area (Å²) in [5.41, 5.74) is 0.804. The highest BCUT2D eigenvalue weighted by atomic mass is 16.5. The Bertz CT molecular complexity index is 305. The van der Waals surface area contributed by atoms with Crippen LogP contribution in [-0.4, -0.2) is 24.3 Å². The van der Waals surface area contributed by atoms with Crippen LogP contribution in [0.3, 0.4) is 0 Å². The predicted molar refractivity (Wildman–Crippen MR) is 65.9 cm³/mol. The molecule has 2 N–H and O–H groups in total. The van der Waals surface area contributed by atoms with Crippen LogP contribution in [0.2, 0.25) is 0 Å². The molecule has 2 amide bonds. The second-order valence-electron chi connectivity index (χ2n) is 3.93. The molecule has 17 heavy (non-hydrogen) atoms. The van der Waals surface area contributed by atoms with Gasteiger partial charge in [-0.15, -0.1) is 0 Å². The minimum atomic E-state index is -0.514. The van der Waals surface area contributed by atoms with Crippen molar-refractivity contribution in [3.63, 3.8) is 0 Å². The Kier molecular flexibility index (Phi) is 6.20. The molecule has 0 heterocycles. The second-order valence-corrected chi connectivity index (χ2v) is 3.93. The van der Waals surface area contributed by atoms with E-state index in [-0.39, 0.29) is 11.8 Å². The highest BCUT2D eigenvalue weighted by molar-refractivity contribution is 5.92. The van der Waals surface area contributed by atoms with Crippen molar-refractivity contribution in [3.05, 3.63) is 24.3 Å². The molecule has 0 aromatic rings. The molecule has 0 aliphatic carbocycles. The lowest BCUT2D eigenvalue weighted by Crippen LogP contribution is -2.43. The number of hydrogen-bond acceptors (Lipinski definition) is 3. The van der Waals surface area contributed by atoms with Gasteiger partial charge in [0.2, 0.25) is 11.8 Å². The highest BCUT2D eigenvalue weighted by Gasteiger charge is 2.13. The van der Waals surface area contributed by atoms with Gasteiger partial charge in [-0.3, -0.25) is 9.59 Å². The van der Waals surface area contributed by atoms with Crippen molar-refractivity contribution in [1.29, 1.82) is 0 Å². The second kappa shape index (κ2) is 6.85. The topological polar surface area (TPSA) is 67.4 Å². The van der Waals surface area contributed by atoms with Crippen LogP contribution in [0.25, 0.3) is 0 Å². The third kappa shape index (κ3) is 6.52. The molecule has 96 valence electrons. The van der Waals surface area contributed by atoms with Gasteiger partial charge in [0.25, 0.3) is 0 Å². The smallest absolute Gasteiger partial charge is 0.248 e. The van der Waals surface area contributed by atoms with Gasteiger partial charge in [0.05, 0.1) is 0 Å². The molecule has 0 saturated heterocycles. The first-order valence-corrected chi connectivity index (χ1v) is 5.32. The van der Waals surface area contributed by atoms with Crippen LogP contribution >= 0.6 is 0 Å². The lowest BCUT2D eigenvalue weighted by molar-refractivity contribution is -0.127. The molecule has 0 radical (unpaired) electrons. The summed E-state index contributed by atoms with van der Waals surface area (Å²) in [5.74, 6) is -0.563. The Morgan fingerprint density at radius 1 is 0.941 bits per heavy atom. The van der Waals surface area contributed by atoms with Gasteiger partial charge in [0.15, 0.2) is 0 Å². The van der Waals surface area contributed by atoms with Gasteiger partial charge in [-0.2, -0.15) is 0 Å². The van der Waals surface area contributed by atoms with E-state index < -0.39 is 12.5 Å². The Morgan fingerprint density at radius 2 is 1.24 bits per heavy atom. The standard InChI is InChI=1S/C12H20N2O3/c1-7(2)11(15)13-9(5)17-10(6)14-12(16)8(3)4/h9-10H,1,3H2,2,4-6H3,(H,13,15)(H,14,16). The largest absolute Gasteiger partial charge is 0.336 e. The number of amides is 2. The molecular formula is C12H20N2O3. The van der Waals surface area contributed by atoms with Gasteiger partial charge >= 0.3 is 0 Å². The van der Waals surface area contributed by atoms with E-state index in [0.29, 0.717) is 11.1 Å². The molecule has 2 unspecified atom stereocenters. The van der Waals surface area contributed by atoms with E-state index in [1.807, 2.05) is 0 Å². The average molecular weight is 240 g/mol. The number of ether oxygens (including phenoxy) is 1. The third-order valence-electron chi connectivity index (χ3n) is 1.85. The van der Waals surface area contributed by atoms with Crippen LogP contribution in [0.4, 0.5) is 0 Å². The van der Waals surface area contributed by atoms with Gasteiger partial charge in [-0.1, -0.05) is 13.2 Å². The quantitative estimate of drug-likeness (QED) is 0.539. The summed E-state index contributed by atoms with van der Waals surface area (Å²) in [6.07, 6.45) is -1.03. The summed E-state index contributed by atoms with van der Waals surface area (Å²) in [4.78, 5) is 22.5. The van der Waals surface area contributed by atoms with Crippen molar-refractivity contribution in [2.45, 2.75) is 40.2 Å². The maximum absolute atomic E-state index is 11.3. The first-order chi connectivity index (χ1) is 7.73. The normalized spacial score (nSPS) is 13.4. The van der Waals surface area contributed by atoms with Crippen LogP contribution in [0.5, 0.6) is 0 Å². The molecule has 0 aromatic carbocycles. The minimum absolute atomic E-state index is 0.282. The maximum Gasteiger partial charge on any atom is 0.248 e. The van der Waals surface area contributed by atoms with Crippen molar-refractivity contribution in [1.82, 2.24) is 10.6 Å². The summed E-state index contributed by atoms with van der Waals surface area (Å²) in [7, 11) is 0. The molecule has 0 saturated carbocycles. The Balaban J connectivity index is 4.08. The maximum atomic E-state index is 11.3. The predicted octanol–water partition coefficient (Wildman–Crippen LogP) is 1.08. The SMILES string of the molecule is C=C(C)C(=O)NC(C)OC(C)NC(=O)C(=C)C. The molecule has 0 aliphatic heterocycles. The first-order valence-electron chi connectivity index (χ1n) is 5.32. The molecule has 0 fully saturated rings. The molecule has 2 atom stereocenters. The van der Waals surface area contributed by atoms with Crippen LogP contribution in [0.15, 0.2) is 24.3 Å². The molecular weight excluding hydrogens is 220 g/mol. The van der Waals surface area contributed by atoms with Crippen molar-refractivity contribution in [3.8, 4) is 0 Å². The summed E-state index contributed by atoms with van der Waals surface area (Å²) < 4.78 is 5.35. The van der Waals surface area contributed by atoms with Crippen LogP contribution in [0, 0.1) is 0 Å². The first kappa shape index (κ1) is 15.4. The fourth-order valence-corrected chi connectivity index (χ4v) is 0.990. The van der Waals surface area contributed by atoms with Crippen molar-refractivity contribution in [2.24, 2.45) is 0 Å². The number of carbonyl (C=O) groups excluding carboxylic acids is 2. The number of rotatable bonds is 6. The summed E-state index contributed by atoms with van der Waals surface area (Å²) >= 11 is 0. The van der Waals surface area contributed by atoms with E-state index in [0.717, 1.165) is 0 Å². The lowest BCUT2D eigenvalue weighted by atomic mass is 10.3. The molecule has 5 heteroatoms. The van der Waals surface area contributed by atoms with E-state index in [1.165, 1.54) is 0 Å². The van der Waals surface area contributed by atoms with Crippen molar-refractivity contribution >= 4 is 11.8 Å². The van der Waals surface area contributed by atoms with E-state index in [1.54, 1.807) is 27.7 Å². The van der Waals surface area contributed by atoms with Gasteiger partial charge in [0.1, 0.15) is 12.5 Å². The van der Waals surface area contributed by atoms with E-state index in [2.05, 4.69) is 23.8 Å². The fraction of sp³-hybridized carbons (Fsp3) is 0.500. The van der Waals surface area contributed by atoms with Gasteiger partial charge in [-0.05, 0) is 27.7 Å². The molecule has 5 nitrogen and oxygen atoms in total. The van der Waals surface area contributed by atoms with Gasteiger partial charge in [0, 0.05) is 11.1 Å². The van der Waals surface area contributed by atoms with E-state index in [9.17, 15) is 9.59 Å². The zero-order chi connectivity index (χ0) is 13.6. The third-order valence-corrected chi connectivity index (χ3v) is 1.85. The zero-order valence-corrected chi connectivity index (χ0v) is 10.8. The number of hydrogen-bond donors (Lipinski definition) is 2. The van der Waals surface area contributed by atoms with Crippen LogP contribution < -0.4 is 10.6 Å². The number of carbonyl (C=O) groups is 2. The number of nitrogens with one attached hydrogen (secondary N) is 2. The minimum Gasteiger partial charge on any atom is -0.336 e. The van der Waals surface area contributed by atoms with Crippen molar-refractivity contribution < 1.29 is 14.3 Å². The lowest BCUT2D eigenvalue weighted by Gasteiger charge is -2.21. The van der Waals surface area contributed by atoms with E-state index >= 15 is 0 Å². The van der Waals surface area contributed by atoms with Crippen molar-refractivity contribution in [2.75, 3.05) is 0 Å². The van der Waals surface area contributed by atoms with Crippen LogP contribution in [0.1, 0.15) is 27.7 Å². The monoisotopic (exact) mass is 240 g/mol. The molecule has 0 spiro atoms. The van der Waals surface area contributed by atoms with Gasteiger partial charge < -0.3 is 15.4 Å². The highest BCUT2D eigenvalue weighted by Crippen LogP contribution is 1.96. The summed E-state index contributed by atoms with van der Waals surface area (Å²) in [5, 5.41) is 5.16. The summed E-state index contributed by atoms with van der Waals surface area (Å²) in [6.45, 7) is 13.6.